The molecule has 0 aromatic heterocycles. The molecule has 2 aliphatic carbocycles. The molecule has 5 heteroatoms. The normalized spacial score (nSPS) is 32.0. The number of carboxylic acid groups (broad SMARTS) is 1. The standard InChI is InChI=1S/C17H19NO4/c1-17(16(20)21)11-8-7-10(9-11)14(17)15(19)18-12-5-3-4-6-13(12)22-2/h3-8,10-11,14H,9H2,1-2H3,(H,18,19)(H,20,21). The number of carboxylic acids is 1. The number of nitrogens with one attached hydrogen (secondary N) is 1. The Balaban J connectivity index is 1.89. The highest BCUT2D eigenvalue weighted by atomic mass is 16.5. The number of carbonyl (C=O) groups excluding carboxylic acids is 1. The van der Waals surface area contributed by atoms with Crippen molar-refractivity contribution in [3.8, 4) is 5.75 Å². The summed E-state index contributed by atoms with van der Waals surface area (Å²) in [6.07, 6.45) is 4.64. The van der Waals surface area contributed by atoms with Crippen molar-refractivity contribution < 1.29 is 19.4 Å². The van der Waals surface area contributed by atoms with E-state index in [-0.39, 0.29) is 17.7 Å². The first-order valence-corrected chi connectivity index (χ1v) is 7.34. The molecule has 0 aliphatic heterocycles. The van der Waals surface area contributed by atoms with E-state index in [0.717, 1.165) is 6.42 Å². The smallest absolute Gasteiger partial charge is 0.310 e. The topological polar surface area (TPSA) is 75.6 Å². The summed E-state index contributed by atoms with van der Waals surface area (Å²) in [7, 11) is 1.53. The fraction of sp³-hybridized carbons (Fsp3) is 0.412. The van der Waals surface area contributed by atoms with Crippen LogP contribution in [0.2, 0.25) is 0 Å². The number of ether oxygens (including phenoxy) is 1. The van der Waals surface area contributed by atoms with E-state index in [9.17, 15) is 14.7 Å². The van der Waals surface area contributed by atoms with Crippen molar-refractivity contribution in [1.29, 1.82) is 0 Å². The molecule has 1 saturated carbocycles. The van der Waals surface area contributed by atoms with Crippen LogP contribution in [0.25, 0.3) is 0 Å². The van der Waals surface area contributed by atoms with Gasteiger partial charge in [0.1, 0.15) is 5.75 Å². The molecule has 4 atom stereocenters. The highest BCUT2D eigenvalue weighted by Gasteiger charge is 2.60. The Hall–Kier alpha value is -2.30. The molecule has 4 unspecified atom stereocenters. The zero-order valence-corrected chi connectivity index (χ0v) is 12.6. The maximum atomic E-state index is 12.7. The summed E-state index contributed by atoms with van der Waals surface area (Å²) >= 11 is 0. The number of benzene rings is 1. The average molecular weight is 301 g/mol. The largest absolute Gasteiger partial charge is 0.495 e. The zero-order valence-electron chi connectivity index (χ0n) is 12.6. The number of hydrogen-bond acceptors (Lipinski definition) is 3. The van der Waals surface area contributed by atoms with Crippen molar-refractivity contribution in [2.45, 2.75) is 13.3 Å². The fourth-order valence-electron chi connectivity index (χ4n) is 3.81. The molecule has 1 aromatic carbocycles. The summed E-state index contributed by atoms with van der Waals surface area (Å²) in [5.41, 5.74) is -0.486. The van der Waals surface area contributed by atoms with Gasteiger partial charge in [-0.1, -0.05) is 24.3 Å². The summed E-state index contributed by atoms with van der Waals surface area (Å²) in [6.45, 7) is 1.68. The Bertz CT molecular complexity index is 654. The van der Waals surface area contributed by atoms with Gasteiger partial charge >= 0.3 is 5.97 Å². The van der Waals surface area contributed by atoms with Gasteiger partial charge in [-0.05, 0) is 37.3 Å². The number of methoxy groups -OCH3 is 1. The Morgan fingerprint density at radius 2 is 2.05 bits per heavy atom. The second-order valence-corrected chi connectivity index (χ2v) is 6.15. The molecule has 1 amide bonds. The molecule has 22 heavy (non-hydrogen) atoms. The molecule has 5 nitrogen and oxygen atoms in total. The van der Waals surface area contributed by atoms with Crippen LogP contribution < -0.4 is 10.1 Å². The minimum Gasteiger partial charge on any atom is -0.495 e. The number of rotatable bonds is 4. The average Bonchev–Trinajstić information content (AvgIpc) is 3.07. The van der Waals surface area contributed by atoms with E-state index < -0.39 is 17.3 Å². The van der Waals surface area contributed by atoms with Crippen LogP contribution in [0, 0.1) is 23.2 Å². The molecule has 0 heterocycles. The van der Waals surface area contributed by atoms with Crippen LogP contribution in [0.4, 0.5) is 5.69 Å². The molecule has 0 radical (unpaired) electrons. The van der Waals surface area contributed by atoms with E-state index in [1.807, 2.05) is 18.2 Å². The maximum Gasteiger partial charge on any atom is 0.310 e. The van der Waals surface area contributed by atoms with E-state index in [1.165, 1.54) is 7.11 Å². The van der Waals surface area contributed by atoms with Gasteiger partial charge < -0.3 is 15.2 Å². The van der Waals surface area contributed by atoms with Crippen LogP contribution in [0.3, 0.4) is 0 Å². The number of carbonyl (C=O) groups is 2. The first-order chi connectivity index (χ1) is 10.5. The monoisotopic (exact) mass is 301 g/mol. The molecule has 1 fully saturated rings. The SMILES string of the molecule is COc1ccccc1NC(=O)C1C2C=CC(C2)C1(C)C(=O)O. The summed E-state index contributed by atoms with van der Waals surface area (Å²) in [5, 5.41) is 12.5. The maximum absolute atomic E-state index is 12.7. The van der Waals surface area contributed by atoms with Crippen LogP contribution in [0.15, 0.2) is 36.4 Å². The van der Waals surface area contributed by atoms with Gasteiger partial charge in [0.2, 0.25) is 5.91 Å². The molecule has 2 N–H and O–H groups in total. The van der Waals surface area contributed by atoms with Gasteiger partial charge in [-0.25, -0.2) is 0 Å². The number of anilines is 1. The number of amides is 1. The second kappa shape index (κ2) is 5.16. The number of hydrogen-bond donors (Lipinski definition) is 2. The third-order valence-electron chi connectivity index (χ3n) is 5.07. The van der Waals surface area contributed by atoms with Gasteiger partial charge in [0.15, 0.2) is 0 Å². The second-order valence-electron chi connectivity index (χ2n) is 6.15. The van der Waals surface area contributed by atoms with Gasteiger partial charge in [-0.3, -0.25) is 9.59 Å². The minimum atomic E-state index is -1.05. The number of allylic oxidation sites excluding steroid dienone is 2. The number of para-hydroxylation sites is 2. The summed E-state index contributed by atoms with van der Waals surface area (Å²) in [5.74, 6) is -1.27. The lowest BCUT2D eigenvalue weighted by molar-refractivity contribution is -0.155. The van der Waals surface area contributed by atoms with Crippen LogP contribution in [-0.4, -0.2) is 24.1 Å². The lowest BCUT2D eigenvalue weighted by Crippen LogP contribution is -2.45. The quantitative estimate of drug-likeness (QED) is 0.838. The zero-order chi connectivity index (χ0) is 15.9. The molecular weight excluding hydrogens is 282 g/mol. The van der Waals surface area contributed by atoms with Crippen molar-refractivity contribution in [3.63, 3.8) is 0 Å². The molecule has 2 aliphatic rings. The first kappa shape index (κ1) is 14.6. The van der Waals surface area contributed by atoms with Crippen molar-refractivity contribution in [2.75, 3.05) is 12.4 Å². The highest BCUT2D eigenvalue weighted by Crippen LogP contribution is 2.56. The summed E-state index contributed by atoms with van der Waals surface area (Å²) in [6, 6.07) is 7.12. The lowest BCUT2D eigenvalue weighted by Gasteiger charge is -2.33. The summed E-state index contributed by atoms with van der Waals surface area (Å²) < 4.78 is 5.23. The van der Waals surface area contributed by atoms with Crippen molar-refractivity contribution >= 4 is 17.6 Å². The highest BCUT2D eigenvalue weighted by molar-refractivity contribution is 5.98. The Kier molecular flexibility index (Phi) is 3.43. The molecule has 0 spiro atoms. The third kappa shape index (κ3) is 2.00. The fourth-order valence-corrected chi connectivity index (χ4v) is 3.81. The number of fused-ring (bicyclic) bond motifs is 2. The third-order valence-corrected chi connectivity index (χ3v) is 5.07. The van der Waals surface area contributed by atoms with Crippen LogP contribution in [-0.2, 0) is 9.59 Å². The Morgan fingerprint density at radius 3 is 2.73 bits per heavy atom. The summed E-state index contributed by atoms with van der Waals surface area (Å²) in [4.78, 5) is 24.5. The molecule has 1 aromatic rings. The van der Waals surface area contributed by atoms with Gasteiger partial charge in [0.25, 0.3) is 0 Å². The van der Waals surface area contributed by atoms with E-state index in [4.69, 9.17) is 4.74 Å². The number of aliphatic carboxylic acids is 1. The van der Waals surface area contributed by atoms with E-state index in [1.54, 1.807) is 25.1 Å². The predicted octanol–water partition coefficient (Wildman–Crippen LogP) is 2.55. The lowest BCUT2D eigenvalue weighted by atomic mass is 9.69. The first-order valence-electron chi connectivity index (χ1n) is 7.34. The Labute approximate surface area is 129 Å². The van der Waals surface area contributed by atoms with Gasteiger partial charge in [0, 0.05) is 0 Å². The van der Waals surface area contributed by atoms with Crippen molar-refractivity contribution in [2.24, 2.45) is 23.2 Å². The molecule has 0 saturated heterocycles. The van der Waals surface area contributed by atoms with Crippen LogP contribution >= 0.6 is 0 Å². The van der Waals surface area contributed by atoms with Crippen LogP contribution in [0.1, 0.15) is 13.3 Å². The minimum absolute atomic E-state index is 0.0131. The van der Waals surface area contributed by atoms with Crippen molar-refractivity contribution in [1.82, 2.24) is 0 Å². The predicted molar refractivity (Wildman–Crippen MR) is 81.6 cm³/mol. The van der Waals surface area contributed by atoms with Gasteiger partial charge in [-0.2, -0.15) is 0 Å². The van der Waals surface area contributed by atoms with E-state index >= 15 is 0 Å². The van der Waals surface area contributed by atoms with E-state index in [0.29, 0.717) is 11.4 Å². The van der Waals surface area contributed by atoms with E-state index in [2.05, 4.69) is 5.32 Å². The molecule has 3 rings (SSSR count). The van der Waals surface area contributed by atoms with Crippen LogP contribution in [0.5, 0.6) is 5.75 Å². The van der Waals surface area contributed by atoms with Crippen molar-refractivity contribution in [3.05, 3.63) is 36.4 Å². The molecular formula is C17H19NO4. The van der Waals surface area contributed by atoms with Gasteiger partial charge in [0.05, 0.1) is 24.1 Å². The Morgan fingerprint density at radius 1 is 1.32 bits per heavy atom. The van der Waals surface area contributed by atoms with Gasteiger partial charge in [-0.15, -0.1) is 0 Å². The molecule has 116 valence electrons. The molecule has 2 bridgehead atoms.